The Morgan fingerprint density at radius 1 is 1.29 bits per heavy atom. The first-order chi connectivity index (χ1) is 11.7. The van der Waals surface area contributed by atoms with Crippen LogP contribution in [0.1, 0.15) is 32.1 Å². The van der Waals surface area contributed by atoms with Crippen molar-refractivity contribution >= 4 is 17.6 Å². The lowest BCUT2D eigenvalue weighted by molar-refractivity contribution is -0.127. The number of anilines is 1. The first-order valence-corrected chi connectivity index (χ1v) is 8.80. The Balaban J connectivity index is 1.40. The summed E-state index contributed by atoms with van der Waals surface area (Å²) in [7, 11) is 0. The smallest absolute Gasteiger partial charge is 0.224 e. The highest BCUT2D eigenvalue weighted by molar-refractivity contribution is 5.79. The highest BCUT2D eigenvalue weighted by Crippen LogP contribution is 2.20. The van der Waals surface area contributed by atoms with Gasteiger partial charge in [-0.25, -0.2) is 4.98 Å². The van der Waals surface area contributed by atoms with E-state index in [0.717, 1.165) is 51.1 Å². The van der Waals surface area contributed by atoms with Crippen LogP contribution >= 0.6 is 0 Å². The quantitative estimate of drug-likeness (QED) is 0.781. The zero-order valence-corrected chi connectivity index (χ0v) is 14.0. The SMILES string of the molecule is O=C(NCCCN1CCCC1=O)C1CCCN(c2cnccn2)C1. The third kappa shape index (κ3) is 4.21. The van der Waals surface area contributed by atoms with Crippen LogP contribution in [0.25, 0.3) is 0 Å². The maximum absolute atomic E-state index is 12.4. The molecule has 7 nitrogen and oxygen atoms in total. The second-order valence-electron chi connectivity index (χ2n) is 6.48. The number of nitrogens with zero attached hydrogens (tertiary/aromatic N) is 4. The summed E-state index contributed by atoms with van der Waals surface area (Å²) in [4.78, 5) is 36.4. The maximum atomic E-state index is 12.4. The fraction of sp³-hybridized carbons (Fsp3) is 0.647. The second-order valence-corrected chi connectivity index (χ2v) is 6.48. The Bertz CT molecular complexity index is 565. The fourth-order valence-electron chi connectivity index (χ4n) is 3.42. The molecule has 1 aromatic heterocycles. The number of rotatable bonds is 6. The summed E-state index contributed by atoms with van der Waals surface area (Å²) >= 11 is 0. The van der Waals surface area contributed by atoms with Gasteiger partial charge in [0.2, 0.25) is 11.8 Å². The molecule has 0 aliphatic carbocycles. The summed E-state index contributed by atoms with van der Waals surface area (Å²) in [6.45, 7) is 3.84. The van der Waals surface area contributed by atoms with Gasteiger partial charge in [-0.15, -0.1) is 0 Å². The molecule has 2 saturated heterocycles. The monoisotopic (exact) mass is 331 g/mol. The number of nitrogens with one attached hydrogen (secondary N) is 1. The molecule has 2 amide bonds. The molecular formula is C17H25N5O2. The minimum atomic E-state index is -0.00539. The molecule has 0 bridgehead atoms. The van der Waals surface area contributed by atoms with Gasteiger partial charge in [0.25, 0.3) is 0 Å². The van der Waals surface area contributed by atoms with Crippen LogP contribution in [0.4, 0.5) is 5.82 Å². The van der Waals surface area contributed by atoms with E-state index in [1.165, 1.54) is 0 Å². The minimum absolute atomic E-state index is 0.00539. The largest absolute Gasteiger partial charge is 0.356 e. The molecule has 130 valence electrons. The molecule has 7 heteroatoms. The lowest BCUT2D eigenvalue weighted by atomic mass is 9.97. The van der Waals surface area contributed by atoms with Gasteiger partial charge in [0.1, 0.15) is 5.82 Å². The van der Waals surface area contributed by atoms with E-state index in [2.05, 4.69) is 20.2 Å². The molecule has 0 spiro atoms. The van der Waals surface area contributed by atoms with Gasteiger partial charge in [0, 0.05) is 51.5 Å². The summed E-state index contributed by atoms with van der Waals surface area (Å²) in [6, 6.07) is 0. The molecule has 1 atom stereocenters. The average Bonchev–Trinajstić information content (AvgIpc) is 3.04. The highest BCUT2D eigenvalue weighted by Gasteiger charge is 2.26. The van der Waals surface area contributed by atoms with Gasteiger partial charge in [-0.05, 0) is 25.7 Å². The van der Waals surface area contributed by atoms with Crippen LogP contribution in [0, 0.1) is 5.92 Å². The molecule has 0 saturated carbocycles. The van der Waals surface area contributed by atoms with Crippen molar-refractivity contribution in [2.45, 2.75) is 32.1 Å². The lowest BCUT2D eigenvalue weighted by Crippen LogP contribution is -2.44. The molecular weight excluding hydrogens is 306 g/mol. The molecule has 0 aromatic carbocycles. The zero-order chi connectivity index (χ0) is 16.8. The average molecular weight is 331 g/mol. The predicted octanol–water partition coefficient (Wildman–Crippen LogP) is 0.822. The van der Waals surface area contributed by atoms with Crippen LogP contribution in [-0.2, 0) is 9.59 Å². The summed E-state index contributed by atoms with van der Waals surface area (Å²) in [6.07, 6.45) is 9.43. The molecule has 1 N–H and O–H groups in total. The third-order valence-electron chi connectivity index (χ3n) is 4.74. The summed E-state index contributed by atoms with van der Waals surface area (Å²) in [5, 5.41) is 3.02. The maximum Gasteiger partial charge on any atom is 0.224 e. The highest BCUT2D eigenvalue weighted by atomic mass is 16.2. The van der Waals surface area contributed by atoms with Crippen LogP contribution < -0.4 is 10.2 Å². The van der Waals surface area contributed by atoms with Gasteiger partial charge >= 0.3 is 0 Å². The number of hydrogen-bond donors (Lipinski definition) is 1. The van der Waals surface area contributed by atoms with Crippen LogP contribution in [0.15, 0.2) is 18.6 Å². The van der Waals surface area contributed by atoms with E-state index >= 15 is 0 Å². The molecule has 24 heavy (non-hydrogen) atoms. The Morgan fingerprint density at radius 2 is 2.21 bits per heavy atom. The van der Waals surface area contributed by atoms with Gasteiger partial charge in [0.15, 0.2) is 0 Å². The van der Waals surface area contributed by atoms with Crippen molar-refractivity contribution < 1.29 is 9.59 Å². The summed E-state index contributed by atoms with van der Waals surface area (Å²) in [5.41, 5.74) is 0. The standard InChI is InChI=1S/C17H25N5O2/c23-16-5-2-9-21(16)11-3-6-20-17(24)14-4-1-10-22(13-14)15-12-18-7-8-19-15/h7-8,12,14H,1-6,9-11,13H2,(H,20,24). The van der Waals surface area contributed by atoms with E-state index in [1.54, 1.807) is 18.6 Å². The van der Waals surface area contributed by atoms with Crippen molar-refractivity contribution in [3.8, 4) is 0 Å². The normalized spacial score (nSPS) is 21.2. The number of piperidine rings is 1. The molecule has 0 radical (unpaired) electrons. The van der Waals surface area contributed by atoms with Crippen molar-refractivity contribution in [1.29, 1.82) is 0 Å². The Labute approximate surface area is 142 Å². The van der Waals surface area contributed by atoms with Crippen LogP contribution in [0.3, 0.4) is 0 Å². The second kappa shape index (κ2) is 8.08. The zero-order valence-electron chi connectivity index (χ0n) is 14.0. The van der Waals surface area contributed by atoms with Crippen molar-refractivity contribution in [1.82, 2.24) is 20.2 Å². The molecule has 2 aliphatic heterocycles. The Morgan fingerprint density at radius 3 is 2.96 bits per heavy atom. The molecule has 3 heterocycles. The minimum Gasteiger partial charge on any atom is -0.356 e. The van der Waals surface area contributed by atoms with E-state index in [1.807, 2.05) is 4.90 Å². The number of aromatic nitrogens is 2. The topological polar surface area (TPSA) is 78.4 Å². The van der Waals surface area contributed by atoms with E-state index < -0.39 is 0 Å². The van der Waals surface area contributed by atoms with Crippen LogP contribution in [-0.4, -0.2) is 59.4 Å². The molecule has 2 fully saturated rings. The third-order valence-corrected chi connectivity index (χ3v) is 4.74. The van der Waals surface area contributed by atoms with Crippen LogP contribution in [0.2, 0.25) is 0 Å². The van der Waals surface area contributed by atoms with Crippen LogP contribution in [0.5, 0.6) is 0 Å². The van der Waals surface area contributed by atoms with E-state index in [9.17, 15) is 9.59 Å². The van der Waals surface area contributed by atoms with Gasteiger partial charge < -0.3 is 15.1 Å². The first kappa shape index (κ1) is 16.7. The number of hydrogen-bond acceptors (Lipinski definition) is 5. The number of amides is 2. The van der Waals surface area contributed by atoms with Gasteiger partial charge in [-0.3, -0.25) is 14.6 Å². The Hall–Kier alpha value is -2.18. The molecule has 3 rings (SSSR count). The van der Waals surface area contributed by atoms with E-state index in [0.29, 0.717) is 19.5 Å². The van der Waals surface area contributed by atoms with E-state index in [4.69, 9.17) is 0 Å². The molecule has 2 aliphatic rings. The molecule has 1 unspecified atom stereocenters. The Kier molecular flexibility index (Phi) is 5.61. The number of carbonyl (C=O) groups excluding carboxylic acids is 2. The van der Waals surface area contributed by atoms with Crippen molar-refractivity contribution in [3.05, 3.63) is 18.6 Å². The van der Waals surface area contributed by atoms with Crippen molar-refractivity contribution in [2.75, 3.05) is 37.6 Å². The van der Waals surface area contributed by atoms with Gasteiger partial charge in [0.05, 0.1) is 12.1 Å². The first-order valence-electron chi connectivity index (χ1n) is 8.80. The summed E-state index contributed by atoms with van der Waals surface area (Å²) < 4.78 is 0. The van der Waals surface area contributed by atoms with Gasteiger partial charge in [-0.1, -0.05) is 0 Å². The summed E-state index contributed by atoms with van der Waals surface area (Å²) in [5.74, 6) is 1.18. The van der Waals surface area contributed by atoms with Gasteiger partial charge in [-0.2, -0.15) is 0 Å². The fourth-order valence-corrected chi connectivity index (χ4v) is 3.42. The number of carbonyl (C=O) groups is 2. The number of likely N-dealkylation sites (tertiary alicyclic amines) is 1. The van der Waals surface area contributed by atoms with Crippen molar-refractivity contribution in [3.63, 3.8) is 0 Å². The predicted molar refractivity (Wildman–Crippen MR) is 90.4 cm³/mol. The van der Waals surface area contributed by atoms with E-state index in [-0.39, 0.29) is 17.7 Å². The molecule has 1 aromatic rings. The van der Waals surface area contributed by atoms with Crippen molar-refractivity contribution in [2.24, 2.45) is 5.92 Å². The lowest BCUT2D eigenvalue weighted by Gasteiger charge is -2.32.